The molecule has 0 saturated heterocycles. The molecule has 1 atom stereocenters. The van der Waals surface area contributed by atoms with Gasteiger partial charge in [0, 0.05) is 37.8 Å². The van der Waals surface area contributed by atoms with E-state index >= 15 is 0 Å². The molecule has 35 heavy (non-hydrogen) atoms. The summed E-state index contributed by atoms with van der Waals surface area (Å²) in [6.07, 6.45) is -0.743. The Kier molecular flexibility index (Phi) is 8.70. The first kappa shape index (κ1) is 26.4. The summed E-state index contributed by atoms with van der Waals surface area (Å²) >= 11 is 6.56. The molecule has 0 radical (unpaired) electrons. The van der Waals surface area contributed by atoms with Gasteiger partial charge in [-0.25, -0.2) is 19.9 Å². The third-order valence-electron chi connectivity index (χ3n) is 4.66. The smallest absolute Gasteiger partial charge is 0.396 e. The van der Waals surface area contributed by atoms with Crippen molar-refractivity contribution in [2.24, 2.45) is 0 Å². The number of anilines is 2. The first-order valence-electron chi connectivity index (χ1n) is 10.3. The van der Waals surface area contributed by atoms with Gasteiger partial charge >= 0.3 is 6.18 Å². The molecule has 3 aromatic heterocycles. The molecule has 3 aromatic rings. The van der Waals surface area contributed by atoms with Crippen molar-refractivity contribution in [2.75, 3.05) is 23.8 Å². The van der Waals surface area contributed by atoms with Gasteiger partial charge in [-0.3, -0.25) is 9.59 Å². The fraction of sp³-hybridized carbons (Fsp3) is 0.333. The van der Waals surface area contributed by atoms with E-state index in [0.717, 1.165) is 17.5 Å². The Balaban J connectivity index is 1.63. The second-order valence-corrected chi connectivity index (χ2v) is 8.85. The number of carbonyl (C=O) groups is 2. The van der Waals surface area contributed by atoms with E-state index in [1.54, 1.807) is 6.92 Å². The van der Waals surface area contributed by atoms with Crippen LogP contribution in [0.2, 0.25) is 5.02 Å². The molecular formula is C21H20ClF3N6O3S. The lowest BCUT2D eigenvalue weighted by atomic mass is 10.0. The van der Waals surface area contributed by atoms with Gasteiger partial charge in [-0.05, 0) is 12.5 Å². The van der Waals surface area contributed by atoms with Gasteiger partial charge in [0.25, 0.3) is 5.91 Å². The molecule has 0 saturated carbocycles. The minimum Gasteiger partial charge on any atom is -0.396 e. The number of aliphatic hydroxyl groups excluding tert-OH is 1. The van der Waals surface area contributed by atoms with Crippen molar-refractivity contribution in [3.63, 3.8) is 0 Å². The number of thiazole rings is 1. The van der Waals surface area contributed by atoms with Crippen molar-refractivity contribution >= 4 is 46.3 Å². The number of carbonyl (C=O) groups excluding carboxylic acids is 2. The standard InChI is InChI=1S/C21H20ClF3N6O3S/c1-11(5-15(33)14-7-17(30-10-29-14)26-3-2-4-32)20-28-9-16(35-20)19(34)31-18-6-12(21(23,24)25)13(22)8-27-18/h6-11,32H,2-5H2,1H3,(H,26,29,30)(H,27,31,34). The average Bonchev–Trinajstić information content (AvgIpc) is 3.31. The number of alkyl halides is 3. The summed E-state index contributed by atoms with van der Waals surface area (Å²) < 4.78 is 39.1. The summed E-state index contributed by atoms with van der Waals surface area (Å²) in [4.78, 5) is 41.2. The Morgan fingerprint density at radius 3 is 2.63 bits per heavy atom. The van der Waals surface area contributed by atoms with Gasteiger partial charge in [0.05, 0.1) is 21.8 Å². The van der Waals surface area contributed by atoms with Gasteiger partial charge < -0.3 is 15.7 Å². The van der Waals surface area contributed by atoms with Gasteiger partial charge in [-0.15, -0.1) is 11.3 Å². The molecule has 1 amide bonds. The molecule has 0 fully saturated rings. The minimum absolute atomic E-state index is 0.0278. The number of ketones is 1. The highest BCUT2D eigenvalue weighted by molar-refractivity contribution is 7.13. The van der Waals surface area contributed by atoms with E-state index in [2.05, 4.69) is 30.6 Å². The number of pyridine rings is 1. The highest BCUT2D eigenvalue weighted by Gasteiger charge is 2.34. The fourth-order valence-electron chi connectivity index (χ4n) is 2.89. The van der Waals surface area contributed by atoms with E-state index < -0.39 is 22.7 Å². The predicted molar refractivity (Wildman–Crippen MR) is 124 cm³/mol. The van der Waals surface area contributed by atoms with Gasteiger partial charge in [0.15, 0.2) is 5.78 Å². The summed E-state index contributed by atoms with van der Waals surface area (Å²) in [7, 11) is 0. The maximum Gasteiger partial charge on any atom is 0.418 e. The molecular weight excluding hydrogens is 509 g/mol. The van der Waals surface area contributed by atoms with Crippen LogP contribution in [0.25, 0.3) is 0 Å². The third-order valence-corrected chi connectivity index (χ3v) is 6.19. The second kappa shape index (κ2) is 11.5. The summed E-state index contributed by atoms with van der Waals surface area (Å²) in [5.74, 6) is -1.14. The maximum absolute atomic E-state index is 13.0. The highest BCUT2D eigenvalue weighted by atomic mass is 35.5. The van der Waals surface area contributed by atoms with Crippen LogP contribution in [0, 0.1) is 0 Å². The van der Waals surface area contributed by atoms with Gasteiger partial charge in [0.2, 0.25) is 0 Å². The summed E-state index contributed by atoms with van der Waals surface area (Å²) in [5, 5.41) is 14.1. The number of nitrogens with one attached hydrogen (secondary N) is 2. The number of nitrogens with zero attached hydrogens (tertiary/aromatic N) is 4. The lowest BCUT2D eigenvalue weighted by Gasteiger charge is -2.10. The first-order valence-corrected chi connectivity index (χ1v) is 11.5. The van der Waals surface area contributed by atoms with Crippen LogP contribution in [0.3, 0.4) is 0 Å². The number of aromatic nitrogens is 4. The molecule has 0 aliphatic heterocycles. The van der Waals surface area contributed by atoms with Gasteiger partial charge in [-0.2, -0.15) is 13.2 Å². The maximum atomic E-state index is 13.0. The molecule has 3 N–H and O–H groups in total. The molecule has 1 unspecified atom stereocenters. The molecule has 0 aromatic carbocycles. The normalized spacial score (nSPS) is 12.3. The third kappa shape index (κ3) is 7.16. The summed E-state index contributed by atoms with van der Waals surface area (Å²) in [6, 6.07) is 2.17. The molecule has 3 heterocycles. The van der Waals surface area contributed by atoms with Crippen LogP contribution in [-0.4, -0.2) is 49.9 Å². The molecule has 0 spiro atoms. The largest absolute Gasteiger partial charge is 0.418 e. The van der Waals surface area contributed by atoms with Crippen molar-refractivity contribution in [2.45, 2.75) is 31.9 Å². The van der Waals surface area contributed by atoms with Crippen LogP contribution in [0.15, 0.2) is 30.9 Å². The van der Waals surface area contributed by atoms with E-state index in [4.69, 9.17) is 16.7 Å². The zero-order chi connectivity index (χ0) is 25.6. The van der Waals surface area contributed by atoms with Crippen molar-refractivity contribution in [3.05, 3.63) is 57.0 Å². The zero-order valence-corrected chi connectivity index (χ0v) is 19.8. The molecule has 9 nitrogen and oxygen atoms in total. The number of Topliss-reactive ketones (excluding diaryl/α,β-unsaturated/α-hetero) is 1. The van der Waals surface area contributed by atoms with Crippen molar-refractivity contribution in [1.82, 2.24) is 19.9 Å². The SMILES string of the molecule is CC(CC(=O)c1cc(NCCCO)ncn1)c1ncc(C(=O)Nc2cc(C(F)(F)F)c(Cl)cn2)s1. The molecule has 0 bridgehead atoms. The Labute approximate surface area is 206 Å². The fourth-order valence-corrected chi connectivity index (χ4v) is 3.97. The molecule has 14 heteroatoms. The van der Waals surface area contributed by atoms with Crippen molar-refractivity contribution in [1.29, 1.82) is 0 Å². The Bertz CT molecular complexity index is 1210. The number of rotatable bonds is 10. The molecule has 186 valence electrons. The van der Waals surface area contributed by atoms with E-state index in [1.165, 1.54) is 18.6 Å². The Morgan fingerprint density at radius 1 is 1.14 bits per heavy atom. The van der Waals surface area contributed by atoms with E-state index in [0.29, 0.717) is 29.9 Å². The molecule has 3 rings (SSSR count). The van der Waals surface area contributed by atoms with Gasteiger partial charge in [-0.1, -0.05) is 18.5 Å². The second-order valence-electron chi connectivity index (χ2n) is 7.38. The Hall–Kier alpha value is -3.16. The Morgan fingerprint density at radius 2 is 1.91 bits per heavy atom. The zero-order valence-electron chi connectivity index (χ0n) is 18.3. The van der Waals surface area contributed by atoms with Crippen LogP contribution in [0.1, 0.15) is 56.4 Å². The van der Waals surface area contributed by atoms with E-state index in [1.807, 2.05) is 0 Å². The minimum atomic E-state index is -4.70. The number of halogens is 4. The van der Waals surface area contributed by atoms with Crippen LogP contribution >= 0.6 is 22.9 Å². The summed E-state index contributed by atoms with van der Waals surface area (Å²) in [5.41, 5.74) is -0.903. The number of hydrogen-bond donors (Lipinski definition) is 3. The summed E-state index contributed by atoms with van der Waals surface area (Å²) in [6.45, 7) is 2.28. The highest BCUT2D eigenvalue weighted by Crippen LogP contribution is 2.35. The van der Waals surface area contributed by atoms with Crippen LogP contribution < -0.4 is 10.6 Å². The average molecular weight is 529 g/mol. The quantitative estimate of drug-likeness (QED) is 0.260. The van der Waals surface area contributed by atoms with Crippen molar-refractivity contribution < 1.29 is 27.9 Å². The molecule has 0 aliphatic carbocycles. The first-order chi connectivity index (χ1) is 16.6. The van der Waals surface area contributed by atoms with E-state index in [-0.39, 0.29) is 41.1 Å². The monoisotopic (exact) mass is 528 g/mol. The van der Waals surface area contributed by atoms with Crippen LogP contribution in [0.5, 0.6) is 0 Å². The number of aliphatic hydroxyl groups is 1. The van der Waals surface area contributed by atoms with E-state index in [9.17, 15) is 22.8 Å². The van der Waals surface area contributed by atoms with Gasteiger partial charge in [0.1, 0.15) is 28.5 Å². The van der Waals surface area contributed by atoms with Crippen molar-refractivity contribution in [3.8, 4) is 0 Å². The topological polar surface area (TPSA) is 130 Å². The number of amides is 1. The molecule has 0 aliphatic rings. The van der Waals surface area contributed by atoms with Crippen LogP contribution in [-0.2, 0) is 6.18 Å². The predicted octanol–water partition coefficient (Wildman–Crippen LogP) is 4.42. The number of hydrogen-bond acceptors (Lipinski definition) is 9. The lowest BCUT2D eigenvalue weighted by Crippen LogP contribution is -2.13. The lowest BCUT2D eigenvalue weighted by molar-refractivity contribution is -0.137. The van der Waals surface area contributed by atoms with Crippen LogP contribution in [0.4, 0.5) is 24.8 Å².